The zero-order valence-corrected chi connectivity index (χ0v) is 11.3. The van der Waals surface area contributed by atoms with Gasteiger partial charge in [0.05, 0.1) is 18.0 Å². The summed E-state index contributed by atoms with van der Waals surface area (Å²) in [4.78, 5) is -0.0454. The largest absolute Gasteiger partial charge is 0.325 e. The number of rotatable bonds is 5. The molecule has 0 saturated heterocycles. The van der Waals surface area contributed by atoms with Gasteiger partial charge in [0.1, 0.15) is 0 Å². The number of alkyl halides is 2. The Labute approximate surface area is 111 Å². The third-order valence-electron chi connectivity index (χ3n) is 2.15. The van der Waals surface area contributed by atoms with Crippen molar-refractivity contribution in [2.75, 3.05) is 13.1 Å². The molecule has 4 nitrogen and oxygen atoms in total. The fraction of sp³-hybridized carbons (Fsp3) is 0.400. The van der Waals surface area contributed by atoms with Crippen LogP contribution in [0.25, 0.3) is 0 Å². The van der Waals surface area contributed by atoms with Crippen molar-refractivity contribution < 1.29 is 17.2 Å². The molecule has 0 saturated carbocycles. The van der Waals surface area contributed by atoms with E-state index in [1.54, 1.807) is 19.1 Å². The average molecular weight is 301 g/mol. The molecule has 0 spiro atoms. The Hall–Kier alpha value is -0.760. The highest BCUT2D eigenvalue weighted by Gasteiger charge is 2.29. The molecule has 0 unspecified atom stereocenters. The molecule has 0 aliphatic heterocycles. The second-order valence-electron chi connectivity index (χ2n) is 3.70. The topological polar surface area (TPSA) is 72.2 Å². The Morgan fingerprint density at radius 3 is 2.22 bits per heavy atom. The molecule has 0 aliphatic carbocycles. The molecule has 0 heterocycles. The van der Waals surface area contributed by atoms with Crippen molar-refractivity contribution in [1.29, 1.82) is 0 Å². The quantitative estimate of drug-likeness (QED) is 0.860. The van der Waals surface area contributed by atoms with Crippen molar-refractivity contribution in [2.45, 2.75) is 17.7 Å². The minimum Gasteiger partial charge on any atom is -0.325 e. The molecule has 0 fully saturated rings. The molecule has 1 rings (SSSR count). The number of hydrogen-bond donors (Lipinski definition) is 2. The number of hydrogen-bond acceptors (Lipinski definition) is 3. The average Bonchev–Trinajstić information content (AvgIpc) is 2.27. The van der Waals surface area contributed by atoms with Gasteiger partial charge >= 0.3 is 0 Å². The highest BCUT2D eigenvalue weighted by molar-refractivity contribution is 7.89. The van der Waals surface area contributed by atoms with Crippen LogP contribution in [0.1, 0.15) is 5.56 Å². The zero-order chi connectivity index (χ0) is 13.1. The van der Waals surface area contributed by atoms with Crippen molar-refractivity contribution in [3.8, 4) is 0 Å². The molecule has 8 heteroatoms. The maximum Gasteiger partial charge on any atom is 0.273 e. The first-order chi connectivity index (χ1) is 7.77. The SMILES string of the molecule is Cc1ccc(S(=O)(=O)NCC(F)(F)CN)cc1.Cl. The summed E-state index contributed by atoms with van der Waals surface area (Å²) < 4.78 is 50.7. The second kappa shape index (κ2) is 6.42. The van der Waals surface area contributed by atoms with Crippen LogP contribution >= 0.6 is 12.4 Å². The Morgan fingerprint density at radius 1 is 1.28 bits per heavy atom. The summed E-state index contributed by atoms with van der Waals surface area (Å²) in [7, 11) is -3.91. The Bertz CT molecular complexity index is 477. The summed E-state index contributed by atoms with van der Waals surface area (Å²) in [5, 5.41) is 0. The zero-order valence-electron chi connectivity index (χ0n) is 9.69. The van der Waals surface area contributed by atoms with Gasteiger partial charge in [0.15, 0.2) is 0 Å². The molecule has 0 aromatic heterocycles. The highest BCUT2D eigenvalue weighted by atomic mass is 35.5. The molecular weight excluding hydrogens is 286 g/mol. The van der Waals surface area contributed by atoms with Crippen molar-refractivity contribution >= 4 is 22.4 Å². The normalized spacial score (nSPS) is 12.0. The van der Waals surface area contributed by atoms with Gasteiger partial charge in [-0.1, -0.05) is 17.7 Å². The molecule has 0 radical (unpaired) electrons. The monoisotopic (exact) mass is 300 g/mol. The van der Waals surface area contributed by atoms with E-state index in [0.717, 1.165) is 5.56 Å². The Morgan fingerprint density at radius 2 is 1.78 bits per heavy atom. The molecule has 0 amide bonds. The lowest BCUT2D eigenvalue weighted by Gasteiger charge is -2.14. The smallest absolute Gasteiger partial charge is 0.273 e. The number of halogens is 3. The lowest BCUT2D eigenvalue weighted by atomic mass is 10.2. The van der Waals surface area contributed by atoms with E-state index in [2.05, 4.69) is 0 Å². The standard InChI is InChI=1S/C10H14F2N2O2S.ClH/c1-8-2-4-9(5-3-8)17(15,16)14-7-10(11,12)6-13;/h2-5,14H,6-7,13H2,1H3;1H. The maximum atomic E-state index is 12.8. The predicted octanol–water partition coefficient (Wildman–Crippen LogP) is 1.29. The van der Waals surface area contributed by atoms with Crippen LogP contribution in [0.2, 0.25) is 0 Å². The van der Waals surface area contributed by atoms with Gasteiger partial charge in [-0.05, 0) is 19.1 Å². The predicted molar refractivity (Wildman–Crippen MR) is 67.6 cm³/mol. The van der Waals surface area contributed by atoms with Gasteiger partial charge in [0, 0.05) is 0 Å². The van der Waals surface area contributed by atoms with Crippen LogP contribution in [-0.2, 0) is 10.0 Å². The molecule has 1 aromatic carbocycles. The molecular formula is C10H15ClF2N2O2S. The van der Waals surface area contributed by atoms with Crippen LogP contribution in [-0.4, -0.2) is 27.4 Å². The van der Waals surface area contributed by atoms with Gasteiger partial charge in [0.2, 0.25) is 10.0 Å². The fourth-order valence-corrected chi connectivity index (χ4v) is 2.14. The molecule has 0 atom stereocenters. The van der Waals surface area contributed by atoms with Crippen molar-refractivity contribution in [1.82, 2.24) is 4.72 Å². The number of nitrogens with one attached hydrogen (secondary N) is 1. The lowest BCUT2D eigenvalue weighted by molar-refractivity contribution is 0.0170. The minimum atomic E-state index is -3.91. The molecule has 104 valence electrons. The highest BCUT2D eigenvalue weighted by Crippen LogP contribution is 2.13. The van der Waals surface area contributed by atoms with E-state index in [1.807, 2.05) is 4.72 Å². The molecule has 0 bridgehead atoms. The van der Waals surface area contributed by atoms with E-state index < -0.39 is 29.0 Å². The third kappa shape index (κ3) is 4.85. The number of benzene rings is 1. The van der Waals surface area contributed by atoms with E-state index in [4.69, 9.17) is 5.73 Å². The van der Waals surface area contributed by atoms with Gasteiger partial charge in [-0.3, -0.25) is 0 Å². The van der Waals surface area contributed by atoms with Crippen LogP contribution in [0.4, 0.5) is 8.78 Å². The Balaban J connectivity index is 0.00000289. The second-order valence-corrected chi connectivity index (χ2v) is 5.46. The third-order valence-corrected chi connectivity index (χ3v) is 3.57. The molecule has 18 heavy (non-hydrogen) atoms. The van der Waals surface area contributed by atoms with Crippen molar-refractivity contribution in [2.24, 2.45) is 5.73 Å². The van der Waals surface area contributed by atoms with E-state index in [0.29, 0.717) is 0 Å². The van der Waals surface area contributed by atoms with E-state index in [1.165, 1.54) is 12.1 Å². The molecule has 1 aromatic rings. The van der Waals surface area contributed by atoms with Gasteiger partial charge in [0.25, 0.3) is 5.92 Å². The van der Waals surface area contributed by atoms with E-state index >= 15 is 0 Å². The summed E-state index contributed by atoms with van der Waals surface area (Å²) in [6, 6.07) is 5.90. The van der Waals surface area contributed by atoms with Gasteiger partial charge in [-0.15, -0.1) is 12.4 Å². The number of nitrogens with two attached hydrogens (primary N) is 1. The minimum absolute atomic E-state index is 0. The van der Waals surface area contributed by atoms with Gasteiger partial charge in [-0.25, -0.2) is 21.9 Å². The lowest BCUT2D eigenvalue weighted by Crippen LogP contribution is -2.41. The van der Waals surface area contributed by atoms with Crippen LogP contribution in [0, 0.1) is 6.92 Å². The summed E-state index contributed by atoms with van der Waals surface area (Å²) in [6.45, 7) is -0.102. The van der Waals surface area contributed by atoms with Crippen LogP contribution in [0.5, 0.6) is 0 Å². The fourth-order valence-electron chi connectivity index (χ4n) is 1.07. The number of sulfonamides is 1. The first-order valence-corrected chi connectivity index (χ1v) is 6.39. The maximum absolute atomic E-state index is 12.8. The van der Waals surface area contributed by atoms with Crippen LogP contribution < -0.4 is 10.5 Å². The van der Waals surface area contributed by atoms with Gasteiger partial charge < -0.3 is 5.73 Å². The molecule has 3 N–H and O–H groups in total. The first kappa shape index (κ1) is 17.2. The number of aryl methyl sites for hydroxylation is 1. The van der Waals surface area contributed by atoms with E-state index in [-0.39, 0.29) is 17.3 Å². The first-order valence-electron chi connectivity index (χ1n) is 4.91. The van der Waals surface area contributed by atoms with E-state index in [9.17, 15) is 17.2 Å². The van der Waals surface area contributed by atoms with Crippen LogP contribution in [0.15, 0.2) is 29.2 Å². The summed E-state index contributed by atoms with van der Waals surface area (Å²) in [5.41, 5.74) is 5.69. The summed E-state index contributed by atoms with van der Waals surface area (Å²) in [5.74, 6) is -3.24. The molecule has 0 aliphatic rings. The van der Waals surface area contributed by atoms with Gasteiger partial charge in [-0.2, -0.15) is 0 Å². The summed E-state index contributed by atoms with van der Waals surface area (Å²) in [6.07, 6.45) is 0. The Kier molecular flexibility index (Phi) is 6.15. The van der Waals surface area contributed by atoms with Crippen molar-refractivity contribution in [3.05, 3.63) is 29.8 Å². The van der Waals surface area contributed by atoms with Crippen molar-refractivity contribution in [3.63, 3.8) is 0 Å². The summed E-state index contributed by atoms with van der Waals surface area (Å²) >= 11 is 0. The van der Waals surface area contributed by atoms with Crippen LogP contribution in [0.3, 0.4) is 0 Å².